The standard InChI is InChI=1S/C36H57NO2/c1-25(2)9-8-10-26(3)31-15-16-32-30-14-13-28-23-29(17-20-35(28,4)33(30)18-21-36(31,32)5)39-34(38)12-7-6-11-27-19-22-37-24-27/h13,22,24-26,29-33H,6-12,14-21,23H2,1-5H3/t26-,29+,30+,31-,32+,33+,35+,36-/m1/s1. The van der Waals surface area contributed by atoms with Crippen LogP contribution in [-0.4, -0.2) is 18.3 Å². The minimum Gasteiger partial charge on any atom is -0.462 e. The molecular formula is C36H57NO2. The van der Waals surface area contributed by atoms with Gasteiger partial charge in [0.25, 0.3) is 0 Å². The zero-order valence-corrected chi connectivity index (χ0v) is 25.9. The number of carbonyl (C=O) groups is 1. The molecule has 0 aromatic carbocycles. The molecule has 3 nitrogen and oxygen atoms in total. The van der Waals surface area contributed by atoms with E-state index in [1.165, 1.54) is 63.4 Å². The van der Waals surface area contributed by atoms with Gasteiger partial charge in [-0.3, -0.25) is 9.79 Å². The molecule has 0 radical (unpaired) electrons. The fourth-order valence-corrected chi connectivity index (χ4v) is 10.2. The summed E-state index contributed by atoms with van der Waals surface area (Å²) in [6, 6.07) is 0. The first-order chi connectivity index (χ1) is 18.7. The second-order valence-corrected chi connectivity index (χ2v) is 15.2. The number of esters is 1. The molecule has 0 spiro atoms. The van der Waals surface area contributed by atoms with Gasteiger partial charge in [-0.15, -0.1) is 0 Å². The van der Waals surface area contributed by atoms with E-state index < -0.39 is 0 Å². The largest absolute Gasteiger partial charge is 0.462 e. The van der Waals surface area contributed by atoms with Crippen molar-refractivity contribution >= 4 is 12.2 Å². The molecule has 218 valence electrons. The van der Waals surface area contributed by atoms with Crippen LogP contribution in [0, 0.1) is 46.3 Å². The molecule has 1 heterocycles. The van der Waals surface area contributed by atoms with Gasteiger partial charge < -0.3 is 4.74 Å². The first-order valence-electron chi connectivity index (χ1n) is 16.8. The summed E-state index contributed by atoms with van der Waals surface area (Å²) in [5, 5.41) is 0. The van der Waals surface area contributed by atoms with Crippen molar-refractivity contribution in [2.24, 2.45) is 51.3 Å². The van der Waals surface area contributed by atoms with Crippen molar-refractivity contribution in [3.8, 4) is 0 Å². The maximum absolute atomic E-state index is 12.6. The van der Waals surface area contributed by atoms with E-state index in [9.17, 15) is 4.79 Å². The number of aliphatic imine (C=N–C) groups is 1. The molecule has 3 saturated carbocycles. The van der Waals surface area contributed by atoms with Gasteiger partial charge in [0.2, 0.25) is 0 Å². The highest BCUT2D eigenvalue weighted by Crippen LogP contribution is 2.67. The summed E-state index contributed by atoms with van der Waals surface area (Å²) in [6.45, 7) is 12.6. The second kappa shape index (κ2) is 12.2. The van der Waals surface area contributed by atoms with E-state index in [2.05, 4.69) is 45.7 Å². The van der Waals surface area contributed by atoms with E-state index in [4.69, 9.17) is 4.74 Å². The number of allylic oxidation sites excluding steroid dienone is 2. The number of unbranched alkanes of at least 4 members (excludes halogenated alkanes) is 1. The summed E-state index contributed by atoms with van der Waals surface area (Å²) in [6.07, 6.45) is 25.7. The van der Waals surface area contributed by atoms with Crippen LogP contribution in [0.1, 0.15) is 137 Å². The smallest absolute Gasteiger partial charge is 0.306 e. The van der Waals surface area contributed by atoms with Gasteiger partial charge in [0.05, 0.1) is 0 Å². The third kappa shape index (κ3) is 6.13. The molecule has 0 bridgehead atoms. The van der Waals surface area contributed by atoms with Crippen molar-refractivity contribution in [3.05, 3.63) is 23.4 Å². The maximum atomic E-state index is 12.6. The molecule has 0 aromatic rings. The summed E-state index contributed by atoms with van der Waals surface area (Å²) in [5.74, 6) is 5.25. The predicted octanol–water partition coefficient (Wildman–Crippen LogP) is 9.86. The highest BCUT2D eigenvalue weighted by Gasteiger charge is 2.59. The number of ether oxygens (including phenoxy) is 1. The minimum atomic E-state index is 0.0162. The highest BCUT2D eigenvalue weighted by molar-refractivity contribution is 5.69. The zero-order chi connectivity index (χ0) is 27.6. The van der Waals surface area contributed by atoms with Crippen molar-refractivity contribution in [3.63, 3.8) is 0 Å². The Balaban J connectivity index is 1.14. The van der Waals surface area contributed by atoms with Crippen LogP contribution >= 0.6 is 0 Å². The SMILES string of the molecule is CC(C)CCC[C@@H](C)[C@H]1CC[C@H]2[C@@H]3CC=C4C[C@@H](OC(=O)CCCCC5=CN=CC5)CC[C@]4(C)[C@H]3CC[C@]12C. The molecule has 3 fully saturated rings. The number of carbonyl (C=O) groups excluding carboxylic acids is 1. The summed E-state index contributed by atoms with van der Waals surface area (Å²) in [5.41, 5.74) is 3.89. The van der Waals surface area contributed by atoms with Crippen molar-refractivity contribution < 1.29 is 9.53 Å². The topological polar surface area (TPSA) is 38.7 Å². The van der Waals surface area contributed by atoms with Gasteiger partial charge in [-0.05, 0) is 116 Å². The average Bonchev–Trinajstić information content (AvgIpc) is 3.54. The van der Waals surface area contributed by atoms with Crippen LogP contribution < -0.4 is 0 Å². The lowest BCUT2D eigenvalue weighted by molar-refractivity contribution is -0.151. The Kier molecular flexibility index (Phi) is 9.14. The first-order valence-corrected chi connectivity index (χ1v) is 16.8. The number of hydrogen-bond donors (Lipinski definition) is 0. The predicted molar refractivity (Wildman–Crippen MR) is 163 cm³/mol. The molecular weight excluding hydrogens is 478 g/mol. The molecule has 4 aliphatic carbocycles. The fourth-order valence-electron chi connectivity index (χ4n) is 10.2. The van der Waals surface area contributed by atoms with Gasteiger partial charge in [0.1, 0.15) is 6.10 Å². The summed E-state index contributed by atoms with van der Waals surface area (Å²) in [7, 11) is 0. The summed E-state index contributed by atoms with van der Waals surface area (Å²) < 4.78 is 6.05. The Bertz CT molecular complexity index is 961. The number of rotatable bonds is 11. The van der Waals surface area contributed by atoms with E-state index in [-0.39, 0.29) is 12.1 Å². The quantitative estimate of drug-likeness (QED) is 0.150. The Morgan fingerprint density at radius 2 is 1.87 bits per heavy atom. The Morgan fingerprint density at radius 1 is 1.03 bits per heavy atom. The minimum absolute atomic E-state index is 0.0162. The van der Waals surface area contributed by atoms with Gasteiger partial charge in [-0.25, -0.2) is 0 Å². The van der Waals surface area contributed by atoms with Crippen LogP contribution in [0.5, 0.6) is 0 Å². The molecule has 5 rings (SSSR count). The third-order valence-corrected chi connectivity index (χ3v) is 12.4. The summed E-state index contributed by atoms with van der Waals surface area (Å²) in [4.78, 5) is 16.8. The van der Waals surface area contributed by atoms with Crippen molar-refractivity contribution in [1.29, 1.82) is 0 Å². The lowest BCUT2D eigenvalue weighted by Gasteiger charge is -2.58. The Morgan fingerprint density at radius 3 is 2.64 bits per heavy atom. The normalized spacial score (nSPS) is 38.1. The first kappa shape index (κ1) is 29.1. The van der Waals surface area contributed by atoms with Gasteiger partial charge in [0, 0.05) is 31.7 Å². The maximum Gasteiger partial charge on any atom is 0.306 e. The monoisotopic (exact) mass is 535 g/mol. The molecule has 0 saturated heterocycles. The lowest BCUT2D eigenvalue weighted by atomic mass is 9.47. The molecule has 39 heavy (non-hydrogen) atoms. The Hall–Kier alpha value is -1.38. The highest BCUT2D eigenvalue weighted by atomic mass is 16.5. The van der Waals surface area contributed by atoms with Crippen molar-refractivity contribution in [2.75, 3.05) is 0 Å². The van der Waals surface area contributed by atoms with Crippen LogP contribution in [0.2, 0.25) is 0 Å². The molecule has 0 amide bonds. The number of nitrogens with zero attached hydrogens (tertiary/aromatic N) is 1. The number of hydrogen-bond acceptors (Lipinski definition) is 3. The number of fused-ring (bicyclic) bond motifs is 5. The van der Waals surface area contributed by atoms with E-state index >= 15 is 0 Å². The fraction of sp³-hybridized carbons (Fsp3) is 0.833. The van der Waals surface area contributed by atoms with Crippen LogP contribution in [0.25, 0.3) is 0 Å². The summed E-state index contributed by atoms with van der Waals surface area (Å²) >= 11 is 0. The molecule has 0 unspecified atom stereocenters. The lowest BCUT2D eigenvalue weighted by Crippen LogP contribution is -2.51. The van der Waals surface area contributed by atoms with Crippen molar-refractivity contribution in [2.45, 2.75) is 143 Å². The van der Waals surface area contributed by atoms with E-state index in [1.54, 1.807) is 5.57 Å². The second-order valence-electron chi connectivity index (χ2n) is 15.2. The average molecular weight is 536 g/mol. The van der Waals surface area contributed by atoms with Crippen LogP contribution in [-0.2, 0) is 9.53 Å². The molecule has 1 aliphatic heterocycles. The van der Waals surface area contributed by atoms with Gasteiger partial charge in [-0.1, -0.05) is 65.5 Å². The van der Waals surface area contributed by atoms with E-state index in [1.807, 2.05) is 12.4 Å². The molecule has 0 N–H and O–H groups in total. The van der Waals surface area contributed by atoms with E-state index in [0.717, 1.165) is 74.0 Å². The van der Waals surface area contributed by atoms with Gasteiger partial charge in [0.15, 0.2) is 0 Å². The van der Waals surface area contributed by atoms with E-state index in [0.29, 0.717) is 17.3 Å². The third-order valence-electron chi connectivity index (χ3n) is 12.4. The van der Waals surface area contributed by atoms with Crippen LogP contribution in [0.15, 0.2) is 28.4 Å². The van der Waals surface area contributed by atoms with Crippen molar-refractivity contribution in [1.82, 2.24) is 0 Å². The molecule has 3 heteroatoms. The van der Waals surface area contributed by atoms with Crippen LogP contribution in [0.4, 0.5) is 0 Å². The zero-order valence-electron chi connectivity index (χ0n) is 25.9. The molecule has 0 aromatic heterocycles. The van der Waals surface area contributed by atoms with Gasteiger partial charge >= 0.3 is 5.97 Å². The van der Waals surface area contributed by atoms with Crippen LogP contribution in [0.3, 0.4) is 0 Å². The Labute approximate surface area is 239 Å². The van der Waals surface area contributed by atoms with Gasteiger partial charge in [-0.2, -0.15) is 0 Å². The molecule has 5 aliphatic rings. The molecule has 8 atom stereocenters.